The molecule has 19 heavy (non-hydrogen) atoms. The quantitative estimate of drug-likeness (QED) is 0.759. The van der Waals surface area contributed by atoms with Crippen LogP contribution in [-0.2, 0) is 12.8 Å². The van der Waals surface area contributed by atoms with Crippen molar-refractivity contribution in [3.8, 4) is 0 Å². The van der Waals surface area contributed by atoms with Crippen LogP contribution < -0.4 is 10.6 Å². The van der Waals surface area contributed by atoms with E-state index >= 15 is 0 Å². The molecule has 0 saturated heterocycles. The Morgan fingerprint density at radius 1 is 1.42 bits per heavy atom. The van der Waals surface area contributed by atoms with Crippen molar-refractivity contribution in [2.24, 2.45) is 0 Å². The zero-order valence-corrected chi connectivity index (χ0v) is 11.3. The van der Waals surface area contributed by atoms with Crippen LogP contribution in [0.2, 0.25) is 0 Å². The van der Waals surface area contributed by atoms with Gasteiger partial charge in [-0.2, -0.15) is 0 Å². The lowest BCUT2D eigenvalue weighted by atomic mass is 10.1. The average molecular weight is 257 g/mol. The van der Waals surface area contributed by atoms with Crippen molar-refractivity contribution in [3.63, 3.8) is 0 Å². The van der Waals surface area contributed by atoms with Crippen molar-refractivity contribution < 1.29 is 4.79 Å². The van der Waals surface area contributed by atoms with E-state index in [4.69, 9.17) is 0 Å². The van der Waals surface area contributed by atoms with Gasteiger partial charge in [-0.05, 0) is 38.0 Å². The average Bonchev–Trinajstić information content (AvgIpc) is 2.87. The molecule has 1 aromatic heterocycles. The number of hydrogen-bond acceptors (Lipinski definition) is 1. The van der Waals surface area contributed by atoms with Crippen molar-refractivity contribution in [1.29, 1.82) is 0 Å². The van der Waals surface area contributed by atoms with Gasteiger partial charge in [0.2, 0.25) is 0 Å². The van der Waals surface area contributed by atoms with Crippen molar-refractivity contribution in [2.75, 3.05) is 6.54 Å². The summed E-state index contributed by atoms with van der Waals surface area (Å²) in [6.07, 6.45) is 1.80. The molecule has 0 spiro atoms. The molecule has 1 unspecified atom stereocenters. The van der Waals surface area contributed by atoms with Crippen LogP contribution in [0.1, 0.15) is 23.7 Å². The summed E-state index contributed by atoms with van der Waals surface area (Å²) in [5.74, 6) is 0. The molecule has 0 aliphatic heterocycles. The third kappa shape index (κ3) is 2.18. The summed E-state index contributed by atoms with van der Waals surface area (Å²) in [5.41, 5.74) is 5.10. The molecule has 2 amide bonds. The van der Waals surface area contributed by atoms with E-state index in [1.165, 1.54) is 27.7 Å². The Hall–Kier alpha value is -1.97. The number of hydrogen-bond donors (Lipinski definition) is 3. The third-order valence-electron chi connectivity index (χ3n) is 3.72. The molecule has 1 heterocycles. The second kappa shape index (κ2) is 4.61. The molecular weight excluding hydrogens is 238 g/mol. The second-order valence-corrected chi connectivity index (χ2v) is 5.24. The summed E-state index contributed by atoms with van der Waals surface area (Å²) in [5, 5.41) is 7.10. The molecule has 3 N–H and O–H groups in total. The van der Waals surface area contributed by atoms with Crippen LogP contribution in [0, 0.1) is 6.92 Å². The van der Waals surface area contributed by atoms with E-state index in [1.807, 2.05) is 6.92 Å². The molecule has 3 rings (SSSR count). The number of carbonyl (C=O) groups is 1. The van der Waals surface area contributed by atoms with E-state index in [-0.39, 0.29) is 12.1 Å². The van der Waals surface area contributed by atoms with E-state index in [9.17, 15) is 4.79 Å². The van der Waals surface area contributed by atoms with Gasteiger partial charge in [-0.25, -0.2) is 4.79 Å². The topological polar surface area (TPSA) is 56.9 Å². The minimum absolute atomic E-state index is 0.0712. The maximum atomic E-state index is 11.6. The molecule has 0 fully saturated rings. The van der Waals surface area contributed by atoms with Crippen LogP contribution in [0.25, 0.3) is 10.9 Å². The lowest BCUT2D eigenvalue weighted by Gasteiger charge is -2.12. The molecule has 4 nitrogen and oxygen atoms in total. The van der Waals surface area contributed by atoms with E-state index in [0.29, 0.717) is 6.54 Å². The molecule has 0 bridgehead atoms. The summed E-state index contributed by atoms with van der Waals surface area (Å²) in [4.78, 5) is 15.0. The number of benzene rings is 1. The van der Waals surface area contributed by atoms with Crippen molar-refractivity contribution in [3.05, 3.63) is 35.0 Å². The number of rotatable bonds is 2. The first kappa shape index (κ1) is 12.1. The van der Waals surface area contributed by atoms with Gasteiger partial charge in [0.05, 0.1) is 0 Å². The molecule has 1 atom stereocenters. The molecule has 0 radical (unpaired) electrons. The highest BCUT2D eigenvalue weighted by atomic mass is 16.2. The van der Waals surface area contributed by atoms with Crippen LogP contribution in [0.5, 0.6) is 0 Å². The van der Waals surface area contributed by atoms with Crippen LogP contribution in [0.15, 0.2) is 18.2 Å². The van der Waals surface area contributed by atoms with Crippen molar-refractivity contribution in [1.82, 2.24) is 15.6 Å². The van der Waals surface area contributed by atoms with E-state index in [2.05, 4.69) is 40.7 Å². The Balaban J connectivity index is 1.81. The van der Waals surface area contributed by atoms with Crippen LogP contribution in [0.4, 0.5) is 4.79 Å². The number of urea groups is 1. The Kier molecular flexibility index (Phi) is 2.93. The molecule has 100 valence electrons. The molecule has 0 saturated carbocycles. The van der Waals surface area contributed by atoms with E-state index < -0.39 is 0 Å². The molecule has 2 aromatic rings. The number of aromatic amines is 1. The van der Waals surface area contributed by atoms with Gasteiger partial charge >= 0.3 is 6.03 Å². The Bertz CT molecular complexity index is 630. The van der Waals surface area contributed by atoms with Gasteiger partial charge in [-0.3, -0.25) is 0 Å². The van der Waals surface area contributed by atoms with E-state index in [0.717, 1.165) is 12.8 Å². The summed E-state index contributed by atoms with van der Waals surface area (Å²) < 4.78 is 0. The molecule has 1 aromatic carbocycles. The Labute approximate surface area is 112 Å². The van der Waals surface area contributed by atoms with E-state index in [1.54, 1.807) is 0 Å². The summed E-state index contributed by atoms with van der Waals surface area (Å²) in [7, 11) is 0. The fourth-order valence-electron chi connectivity index (χ4n) is 2.89. The highest BCUT2D eigenvalue weighted by Gasteiger charge is 2.26. The van der Waals surface area contributed by atoms with Gasteiger partial charge in [-0.1, -0.05) is 11.6 Å². The lowest BCUT2D eigenvalue weighted by Crippen LogP contribution is -2.42. The lowest BCUT2D eigenvalue weighted by molar-refractivity contribution is 0.238. The molecule has 4 heteroatoms. The van der Waals surface area contributed by atoms with Gasteiger partial charge in [0.1, 0.15) is 0 Å². The zero-order valence-electron chi connectivity index (χ0n) is 11.3. The van der Waals surface area contributed by atoms with Crippen LogP contribution >= 0.6 is 0 Å². The normalized spacial score (nSPS) is 17.5. The molecular formula is C15H19N3O. The standard InChI is InChI=1S/C15H19N3O/c1-3-16-15(19)17-10-7-12-11-6-9(2)4-5-13(11)18-14(12)8-10/h4-6,10,18H,3,7-8H2,1-2H3,(H2,16,17,19). The number of aryl methyl sites for hydroxylation is 1. The zero-order chi connectivity index (χ0) is 13.4. The number of nitrogens with one attached hydrogen (secondary N) is 3. The largest absolute Gasteiger partial charge is 0.358 e. The van der Waals surface area contributed by atoms with Crippen LogP contribution in [-0.4, -0.2) is 23.6 Å². The molecule has 1 aliphatic rings. The van der Waals surface area contributed by atoms with Gasteiger partial charge in [0, 0.05) is 35.6 Å². The molecule has 1 aliphatic carbocycles. The van der Waals surface area contributed by atoms with Crippen molar-refractivity contribution in [2.45, 2.75) is 32.7 Å². The highest BCUT2D eigenvalue weighted by Crippen LogP contribution is 2.30. The fraction of sp³-hybridized carbons (Fsp3) is 0.400. The smallest absolute Gasteiger partial charge is 0.315 e. The number of carbonyl (C=O) groups excluding carboxylic acids is 1. The summed E-state index contributed by atoms with van der Waals surface area (Å²) in [6, 6.07) is 6.61. The second-order valence-electron chi connectivity index (χ2n) is 5.24. The van der Waals surface area contributed by atoms with Gasteiger partial charge in [-0.15, -0.1) is 0 Å². The van der Waals surface area contributed by atoms with Gasteiger partial charge in [0.15, 0.2) is 0 Å². The first-order chi connectivity index (χ1) is 9.17. The number of aromatic nitrogens is 1. The minimum atomic E-state index is -0.0712. The minimum Gasteiger partial charge on any atom is -0.358 e. The highest BCUT2D eigenvalue weighted by molar-refractivity contribution is 5.86. The maximum absolute atomic E-state index is 11.6. The maximum Gasteiger partial charge on any atom is 0.315 e. The summed E-state index contributed by atoms with van der Waals surface area (Å²) >= 11 is 0. The SMILES string of the molecule is CCNC(=O)NC1Cc2[nH]c3ccc(C)cc3c2C1. The van der Waals surface area contributed by atoms with Crippen molar-refractivity contribution >= 4 is 16.9 Å². The summed E-state index contributed by atoms with van der Waals surface area (Å²) in [6.45, 7) is 4.69. The Morgan fingerprint density at radius 3 is 3.05 bits per heavy atom. The fourth-order valence-corrected chi connectivity index (χ4v) is 2.89. The van der Waals surface area contributed by atoms with Crippen LogP contribution in [0.3, 0.4) is 0 Å². The third-order valence-corrected chi connectivity index (χ3v) is 3.72. The predicted molar refractivity (Wildman–Crippen MR) is 76.4 cm³/mol. The Morgan fingerprint density at radius 2 is 2.26 bits per heavy atom. The monoisotopic (exact) mass is 257 g/mol. The first-order valence-electron chi connectivity index (χ1n) is 6.82. The number of H-pyrrole nitrogens is 1. The number of fused-ring (bicyclic) bond motifs is 3. The number of amides is 2. The predicted octanol–water partition coefficient (Wildman–Crippen LogP) is 2.26. The van der Waals surface area contributed by atoms with Gasteiger partial charge in [0.25, 0.3) is 0 Å². The first-order valence-corrected chi connectivity index (χ1v) is 6.82. The van der Waals surface area contributed by atoms with Gasteiger partial charge < -0.3 is 15.6 Å².